The van der Waals surface area contributed by atoms with E-state index in [1.165, 1.54) is 54.6 Å². The lowest BCUT2D eigenvalue weighted by molar-refractivity contribution is 0.609. The molecule has 0 amide bonds. The maximum absolute atomic E-state index is 9.60. The van der Waals surface area contributed by atoms with Crippen molar-refractivity contribution in [1.82, 2.24) is 9.97 Å². The highest BCUT2D eigenvalue weighted by Crippen LogP contribution is 2.53. The van der Waals surface area contributed by atoms with Gasteiger partial charge in [0.05, 0.1) is 22.8 Å². The third-order valence-electron chi connectivity index (χ3n) is 10.5. The molecule has 1 aliphatic carbocycles. The summed E-state index contributed by atoms with van der Waals surface area (Å²) in [7, 11) is 0. The zero-order valence-corrected chi connectivity index (χ0v) is 28.3. The molecule has 3 nitrogen and oxygen atoms in total. The average Bonchev–Trinajstić information content (AvgIpc) is 3.49. The molecule has 2 heterocycles. The van der Waals surface area contributed by atoms with Gasteiger partial charge in [0.1, 0.15) is 0 Å². The molecule has 1 aliphatic heterocycles. The molecule has 0 spiro atoms. The van der Waals surface area contributed by atoms with Crippen molar-refractivity contribution < 1.29 is 0 Å². The van der Waals surface area contributed by atoms with Crippen LogP contribution in [0.3, 0.4) is 0 Å². The van der Waals surface area contributed by atoms with Crippen molar-refractivity contribution in [2.75, 3.05) is 0 Å². The standard InChI is InChI=1S/C46H29N3S/c1-46(2)38-24-21-27(26-47)25-41(38)50-40-20-10-18-34(43(40)46)30-13-5-6-14-36(30)45-48-39-19-8-7-15-37(39)44(49-45)35-23-22-33-29-12-4-3-11-28(29)31-16-9-17-32(35)42(31)33/h3-25H,1-2H3. The lowest BCUT2D eigenvalue weighted by Gasteiger charge is -2.36. The monoisotopic (exact) mass is 655 g/mol. The second-order valence-electron chi connectivity index (χ2n) is 13.6. The number of nitriles is 1. The van der Waals surface area contributed by atoms with Crippen LogP contribution in [0.25, 0.3) is 77.7 Å². The molecule has 7 aromatic carbocycles. The predicted molar refractivity (Wildman–Crippen MR) is 205 cm³/mol. The first-order valence-corrected chi connectivity index (χ1v) is 17.7. The summed E-state index contributed by atoms with van der Waals surface area (Å²) in [6, 6.07) is 51.8. The number of hydrogen-bond acceptors (Lipinski definition) is 4. The van der Waals surface area contributed by atoms with E-state index in [1.54, 1.807) is 11.8 Å². The summed E-state index contributed by atoms with van der Waals surface area (Å²) in [6.45, 7) is 4.59. The van der Waals surface area contributed by atoms with E-state index in [0.29, 0.717) is 11.4 Å². The first-order valence-electron chi connectivity index (χ1n) is 16.9. The van der Waals surface area contributed by atoms with Crippen LogP contribution in [0.5, 0.6) is 0 Å². The van der Waals surface area contributed by atoms with Gasteiger partial charge in [-0.2, -0.15) is 5.26 Å². The van der Waals surface area contributed by atoms with E-state index < -0.39 is 0 Å². The van der Waals surface area contributed by atoms with Crippen molar-refractivity contribution in [3.63, 3.8) is 0 Å². The zero-order chi connectivity index (χ0) is 33.6. The van der Waals surface area contributed by atoms with E-state index in [2.05, 4.69) is 147 Å². The zero-order valence-electron chi connectivity index (χ0n) is 27.5. The number of benzene rings is 7. The third-order valence-corrected chi connectivity index (χ3v) is 11.6. The Morgan fingerprint density at radius 1 is 0.540 bits per heavy atom. The number of para-hydroxylation sites is 1. The fourth-order valence-corrected chi connectivity index (χ4v) is 9.73. The molecule has 0 saturated carbocycles. The van der Waals surface area contributed by atoms with E-state index in [9.17, 15) is 5.26 Å². The molecule has 10 rings (SSSR count). The Labute approximate surface area is 294 Å². The van der Waals surface area contributed by atoms with Gasteiger partial charge in [-0.3, -0.25) is 0 Å². The largest absolute Gasteiger partial charge is 0.228 e. The van der Waals surface area contributed by atoms with Gasteiger partial charge in [0.2, 0.25) is 0 Å². The molecule has 234 valence electrons. The van der Waals surface area contributed by atoms with E-state index in [1.807, 2.05) is 12.1 Å². The molecule has 0 bridgehead atoms. The van der Waals surface area contributed by atoms with Gasteiger partial charge in [-0.05, 0) is 79.5 Å². The normalized spacial score (nSPS) is 13.5. The highest BCUT2D eigenvalue weighted by atomic mass is 32.2. The number of hydrogen-bond donors (Lipinski definition) is 0. The average molecular weight is 656 g/mol. The minimum atomic E-state index is -0.286. The summed E-state index contributed by atoms with van der Waals surface area (Å²) in [5.74, 6) is 0.707. The molecule has 0 N–H and O–H groups in total. The molecule has 0 radical (unpaired) electrons. The SMILES string of the molecule is CC1(C)c2ccc(C#N)cc2Sc2cccc(-c3ccccc3-c3nc(-c4ccc5c6c(cccc46)-c4ccccc4-5)c4ccccc4n3)c21. The summed E-state index contributed by atoms with van der Waals surface area (Å²) in [5.41, 5.74) is 14.3. The predicted octanol–water partition coefficient (Wildman–Crippen LogP) is 12.1. The van der Waals surface area contributed by atoms with Crippen LogP contribution in [0, 0.1) is 11.3 Å². The number of rotatable bonds is 3. The smallest absolute Gasteiger partial charge is 0.161 e. The second-order valence-corrected chi connectivity index (χ2v) is 14.7. The third kappa shape index (κ3) is 4.11. The molecule has 0 unspecified atom stereocenters. The van der Waals surface area contributed by atoms with Crippen LogP contribution in [0.1, 0.15) is 30.5 Å². The molecule has 8 aromatic rings. The summed E-state index contributed by atoms with van der Waals surface area (Å²) in [4.78, 5) is 13.0. The van der Waals surface area contributed by atoms with Crippen molar-refractivity contribution in [1.29, 1.82) is 5.26 Å². The molecule has 1 aromatic heterocycles. The van der Waals surface area contributed by atoms with Crippen LogP contribution in [0.4, 0.5) is 0 Å². The maximum Gasteiger partial charge on any atom is 0.161 e. The Hall–Kier alpha value is -6.02. The molecule has 50 heavy (non-hydrogen) atoms. The summed E-state index contributed by atoms with van der Waals surface area (Å²) < 4.78 is 0. The van der Waals surface area contributed by atoms with Gasteiger partial charge in [-0.15, -0.1) is 0 Å². The Bertz CT molecular complexity index is 2760. The van der Waals surface area contributed by atoms with Crippen LogP contribution in [-0.4, -0.2) is 9.97 Å². The Balaban J connectivity index is 1.19. The van der Waals surface area contributed by atoms with Gasteiger partial charge < -0.3 is 0 Å². The van der Waals surface area contributed by atoms with Crippen molar-refractivity contribution in [3.8, 4) is 62.1 Å². The molecule has 4 heteroatoms. The van der Waals surface area contributed by atoms with Crippen LogP contribution in [0.15, 0.2) is 149 Å². The number of fused-ring (bicyclic) bond motifs is 6. The van der Waals surface area contributed by atoms with Crippen molar-refractivity contribution in [2.45, 2.75) is 29.1 Å². The molecule has 0 atom stereocenters. The van der Waals surface area contributed by atoms with Crippen molar-refractivity contribution in [3.05, 3.63) is 156 Å². The van der Waals surface area contributed by atoms with Crippen LogP contribution in [0.2, 0.25) is 0 Å². The molecular weight excluding hydrogens is 627 g/mol. The molecule has 0 saturated heterocycles. The van der Waals surface area contributed by atoms with E-state index in [4.69, 9.17) is 9.97 Å². The number of nitrogens with zero attached hydrogens (tertiary/aromatic N) is 3. The topological polar surface area (TPSA) is 49.6 Å². The Morgan fingerprint density at radius 2 is 1.16 bits per heavy atom. The quantitative estimate of drug-likeness (QED) is 0.190. The maximum atomic E-state index is 9.60. The van der Waals surface area contributed by atoms with Crippen molar-refractivity contribution >= 4 is 33.4 Å². The fourth-order valence-electron chi connectivity index (χ4n) is 8.26. The van der Waals surface area contributed by atoms with Gasteiger partial charge in [0.15, 0.2) is 5.82 Å². The highest BCUT2D eigenvalue weighted by molar-refractivity contribution is 7.99. The minimum Gasteiger partial charge on any atom is -0.228 e. The Kier molecular flexibility index (Phi) is 6.22. The van der Waals surface area contributed by atoms with Gasteiger partial charge in [-0.1, -0.05) is 141 Å². The lowest BCUT2D eigenvalue weighted by atomic mass is 9.74. The van der Waals surface area contributed by atoms with Gasteiger partial charge >= 0.3 is 0 Å². The van der Waals surface area contributed by atoms with Crippen LogP contribution < -0.4 is 0 Å². The van der Waals surface area contributed by atoms with Crippen LogP contribution in [-0.2, 0) is 5.41 Å². The minimum absolute atomic E-state index is 0.286. The summed E-state index contributed by atoms with van der Waals surface area (Å²) in [5, 5.41) is 13.1. The van der Waals surface area contributed by atoms with E-state index >= 15 is 0 Å². The lowest BCUT2D eigenvalue weighted by Crippen LogP contribution is -2.25. The van der Waals surface area contributed by atoms with Crippen LogP contribution >= 0.6 is 11.8 Å². The summed E-state index contributed by atoms with van der Waals surface area (Å²) >= 11 is 1.75. The highest BCUT2D eigenvalue weighted by Gasteiger charge is 2.36. The van der Waals surface area contributed by atoms with Crippen molar-refractivity contribution in [2.24, 2.45) is 0 Å². The summed E-state index contributed by atoms with van der Waals surface area (Å²) in [6.07, 6.45) is 0. The molecule has 0 fully saturated rings. The fraction of sp³-hybridized carbons (Fsp3) is 0.0652. The first kappa shape index (κ1) is 28.9. The first-order chi connectivity index (χ1) is 24.5. The molecule has 2 aliphatic rings. The molecular formula is C46H29N3S. The van der Waals surface area contributed by atoms with Gasteiger partial charge in [-0.25, -0.2) is 9.97 Å². The van der Waals surface area contributed by atoms with E-state index in [-0.39, 0.29) is 5.41 Å². The van der Waals surface area contributed by atoms with Gasteiger partial charge in [0, 0.05) is 31.7 Å². The van der Waals surface area contributed by atoms with Gasteiger partial charge in [0.25, 0.3) is 0 Å². The number of aromatic nitrogens is 2. The van der Waals surface area contributed by atoms with E-state index in [0.717, 1.165) is 38.2 Å². The Morgan fingerprint density at radius 3 is 1.96 bits per heavy atom. The second kappa shape index (κ2) is 10.7.